The molecule has 0 bridgehead atoms. The average molecular weight is 709 g/mol. The Balaban J connectivity index is 1.46. The topological polar surface area (TPSA) is 0 Å². The fraction of sp³-hybridized carbons (Fsp3) is 0.200. The average Bonchev–Trinajstić information content (AvgIpc) is 3.62. The summed E-state index contributed by atoms with van der Waals surface area (Å²) in [6.07, 6.45) is 5.82. The molecule has 1 aliphatic carbocycles. The van der Waals surface area contributed by atoms with E-state index in [0.29, 0.717) is 5.92 Å². The molecule has 44 heavy (non-hydrogen) atoms. The molecule has 4 heteroatoms. The van der Waals surface area contributed by atoms with Crippen LogP contribution in [0, 0.1) is 0 Å². The molecule has 0 saturated heterocycles. The Kier molecular flexibility index (Phi) is 8.49. The third kappa shape index (κ3) is 5.17. The summed E-state index contributed by atoms with van der Waals surface area (Å²) < 4.78 is 1.40. The molecular formula is C40H38Cl2SiZr. The van der Waals surface area contributed by atoms with Crippen LogP contribution in [0.15, 0.2) is 115 Å². The molecule has 1 aliphatic heterocycles. The van der Waals surface area contributed by atoms with Gasteiger partial charge in [0.15, 0.2) is 0 Å². The van der Waals surface area contributed by atoms with Crippen molar-refractivity contribution in [3.8, 4) is 33.4 Å². The summed E-state index contributed by atoms with van der Waals surface area (Å²) in [6.45, 7) is 6.87. The SMILES string of the molecule is CCCCC1=Cc2c(ccc(-c3ccccc3)c2-c2ccccc2C(C)C)[CH]1[Zr]([Cl])([Cl])[c]1cccc2c1[SiH2]c1ccccc1-2. The van der Waals surface area contributed by atoms with Gasteiger partial charge in [0.25, 0.3) is 0 Å². The van der Waals surface area contributed by atoms with Crippen molar-refractivity contribution in [1.29, 1.82) is 0 Å². The van der Waals surface area contributed by atoms with Gasteiger partial charge >= 0.3 is 279 Å². The predicted molar refractivity (Wildman–Crippen MR) is 193 cm³/mol. The Morgan fingerprint density at radius 3 is 2.20 bits per heavy atom. The first-order chi connectivity index (χ1) is 21.4. The zero-order valence-corrected chi connectivity index (χ0v) is 31.1. The standard InChI is InChI=1S/C28H29.C12H9Si.2ClH.Zr/c1-4-5-11-21-18-23-16-17-25(22-12-7-6-8-13-22)28(27(23)19-21)26-15-10-9-14-24(26)20(2)3;1-3-7-11-9(5-1)10-6-2-4-8-12(10)13-11;;;/h6-10,12-20H,4-5,11H2,1-3H3;1-7H,13H2;2*1H;/q;;;;+2/p-2. The molecule has 2 aliphatic rings. The number of allylic oxidation sites excluding steroid dienone is 1. The number of hydrogen-bond acceptors (Lipinski definition) is 0. The maximum absolute atomic E-state index is 7.99. The molecule has 7 rings (SSSR count). The van der Waals surface area contributed by atoms with Crippen LogP contribution >= 0.6 is 17.0 Å². The number of rotatable bonds is 8. The van der Waals surface area contributed by atoms with Crippen molar-refractivity contribution in [2.45, 2.75) is 49.6 Å². The summed E-state index contributed by atoms with van der Waals surface area (Å²) >= 11 is -4.06. The molecule has 0 N–H and O–H groups in total. The zero-order valence-electron chi connectivity index (χ0n) is 25.7. The van der Waals surface area contributed by atoms with Crippen LogP contribution < -0.4 is 13.6 Å². The van der Waals surface area contributed by atoms with Gasteiger partial charge < -0.3 is 0 Å². The van der Waals surface area contributed by atoms with Crippen molar-refractivity contribution in [2.24, 2.45) is 0 Å². The van der Waals surface area contributed by atoms with E-state index in [1.165, 1.54) is 69.3 Å². The third-order valence-corrected chi connectivity index (χ3v) is 24.0. The van der Waals surface area contributed by atoms with Crippen molar-refractivity contribution < 1.29 is 17.9 Å². The van der Waals surface area contributed by atoms with E-state index in [-0.39, 0.29) is 3.63 Å². The van der Waals surface area contributed by atoms with E-state index in [1.807, 2.05) is 0 Å². The van der Waals surface area contributed by atoms with Crippen LogP contribution in [0.25, 0.3) is 39.5 Å². The molecule has 1 heterocycles. The van der Waals surface area contributed by atoms with Gasteiger partial charge in [-0.1, -0.05) is 0 Å². The number of unbranched alkanes of at least 4 members (excludes halogenated alkanes) is 1. The monoisotopic (exact) mass is 706 g/mol. The molecule has 1 unspecified atom stereocenters. The second-order valence-electron chi connectivity index (χ2n) is 12.6. The Morgan fingerprint density at radius 2 is 1.43 bits per heavy atom. The second kappa shape index (κ2) is 12.4. The fourth-order valence-corrected chi connectivity index (χ4v) is 24.4. The van der Waals surface area contributed by atoms with Crippen molar-refractivity contribution >= 4 is 46.3 Å². The van der Waals surface area contributed by atoms with Crippen LogP contribution in [-0.2, 0) is 17.9 Å². The van der Waals surface area contributed by atoms with E-state index in [1.54, 1.807) is 0 Å². The summed E-state index contributed by atoms with van der Waals surface area (Å²) in [6, 6.07) is 40.2. The minimum absolute atomic E-state index is 0.0909. The van der Waals surface area contributed by atoms with E-state index in [0.717, 1.165) is 19.3 Å². The van der Waals surface area contributed by atoms with Gasteiger partial charge in [-0.2, -0.15) is 0 Å². The summed E-state index contributed by atoms with van der Waals surface area (Å²) in [4.78, 5) is 0. The number of hydrogen-bond donors (Lipinski definition) is 0. The third-order valence-electron chi connectivity index (χ3n) is 9.62. The molecule has 0 spiro atoms. The van der Waals surface area contributed by atoms with Crippen LogP contribution in [0.2, 0.25) is 0 Å². The van der Waals surface area contributed by atoms with E-state index < -0.39 is 27.4 Å². The number of fused-ring (bicyclic) bond motifs is 4. The Labute approximate surface area is 276 Å². The van der Waals surface area contributed by atoms with Crippen molar-refractivity contribution in [2.75, 3.05) is 0 Å². The van der Waals surface area contributed by atoms with Crippen LogP contribution in [0.5, 0.6) is 0 Å². The molecular weight excluding hydrogens is 671 g/mol. The molecule has 220 valence electrons. The normalized spacial score (nSPS) is 15.8. The van der Waals surface area contributed by atoms with Gasteiger partial charge in [0.05, 0.1) is 0 Å². The van der Waals surface area contributed by atoms with Crippen LogP contribution in [-0.4, -0.2) is 9.52 Å². The van der Waals surface area contributed by atoms with Crippen LogP contribution in [0.1, 0.15) is 66.3 Å². The van der Waals surface area contributed by atoms with Gasteiger partial charge in [0.2, 0.25) is 0 Å². The van der Waals surface area contributed by atoms with Gasteiger partial charge in [-0.3, -0.25) is 0 Å². The quantitative estimate of drug-likeness (QED) is 0.138. The van der Waals surface area contributed by atoms with Crippen LogP contribution in [0.3, 0.4) is 0 Å². The molecule has 0 amide bonds. The Bertz CT molecular complexity index is 1890. The van der Waals surface area contributed by atoms with E-state index in [2.05, 4.69) is 136 Å². The summed E-state index contributed by atoms with van der Waals surface area (Å²) in [7, 11) is 15.3. The molecule has 1 atom stereocenters. The number of benzene rings is 5. The van der Waals surface area contributed by atoms with Gasteiger partial charge in [-0.05, 0) is 0 Å². The second-order valence-corrected chi connectivity index (χ2v) is 28.5. The Hall–Kier alpha value is -2.48. The maximum atomic E-state index is 7.99. The molecule has 0 aromatic heterocycles. The summed E-state index contributed by atoms with van der Waals surface area (Å²) in [5.74, 6) is 0.407. The molecule has 0 nitrogen and oxygen atoms in total. The molecule has 5 aromatic rings. The van der Waals surface area contributed by atoms with E-state index >= 15 is 0 Å². The van der Waals surface area contributed by atoms with Gasteiger partial charge in [0, 0.05) is 0 Å². The Morgan fingerprint density at radius 1 is 0.727 bits per heavy atom. The molecule has 0 saturated carbocycles. The first-order valence-corrected chi connectivity index (χ1v) is 26.4. The summed E-state index contributed by atoms with van der Waals surface area (Å²) in [5, 5.41) is 3.00. The summed E-state index contributed by atoms with van der Waals surface area (Å²) in [5.41, 5.74) is 13.4. The van der Waals surface area contributed by atoms with Crippen molar-refractivity contribution in [3.63, 3.8) is 0 Å². The molecule has 0 fully saturated rings. The van der Waals surface area contributed by atoms with Crippen molar-refractivity contribution in [1.82, 2.24) is 0 Å². The minimum atomic E-state index is -4.06. The molecule has 0 radical (unpaired) electrons. The van der Waals surface area contributed by atoms with Gasteiger partial charge in [-0.15, -0.1) is 0 Å². The van der Waals surface area contributed by atoms with Crippen LogP contribution in [0.4, 0.5) is 0 Å². The fourth-order valence-electron chi connectivity index (χ4n) is 7.54. The predicted octanol–water partition coefficient (Wildman–Crippen LogP) is 9.66. The first-order valence-electron chi connectivity index (χ1n) is 16.0. The van der Waals surface area contributed by atoms with Gasteiger partial charge in [0.1, 0.15) is 0 Å². The van der Waals surface area contributed by atoms with E-state index in [9.17, 15) is 0 Å². The molecule has 5 aromatic carbocycles. The zero-order chi connectivity index (χ0) is 30.4. The van der Waals surface area contributed by atoms with Gasteiger partial charge in [-0.25, -0.2) is 0 Å². The first kappa shape index (κ1) is 30.2. The van der Waals surface area contributed by atoms with Crippen molar-refractivity contribution in [3.05, 3.63) is 131 Å². The van der Waals surface area contributed by atoms with E-state index in [4.69, 9.17) is 17.0 Å². The number of halogens is 2.